The van der Waals surface area contributed by atoms with Gasteiger partial charge in [0, 0.05) is 24.3 Å². The summed E-state index contributed by atoms with van der Waals surface area (Å²) in [6, 6.07) is 6.72. The van der Waals surface area contributed by atoms with Crippen LogP contribution in [0.5, 0.6) is 0 Å². The van der Waals surface area contributed by atoms with E-state index in [1.54, 1.807) is 24.3 Å². The van der Waals surface area contributed by atoms with Gasteiger partial charge in [-0.1, -0.05) is 6.92 Å². The fourth-order valence-corrected chi connectivity index (χ4v) is 2.37. The van der Waals surface area contributed by atoms with Crippen LogP contribution in [0.1, 0.15) is 17.3 Å². The van der Waals surface area contributed by atoms with Gasteiger partial charge in [-0.25, -0.2) is 0 Å². The first-order valence-electron chi connectivity index (χ1n) is 7.12. The lowest BCUT2D eigenvalue weighted by Crippen LogP contribution is -2.28. The Labute approximate surface area is 123 Å². The van der Waals surface area contributed by atoms with Gasteiger partial charge in [-0.15, -0.1) is 0 Å². The minimum Gasteiger partial charge on any atom is -0.395 e. The van der Waals surface area contributed by atoms with E-state index in [9.17, 15) is 9.59 Å². The molecule has 2 unspecified atom stereocenters. The van der Waals surface area contributed by atoms with Gasteiger partial charge in [0.15, 0.2) is 0 Å². The standard InChI is InChI=1S/C15H21N3O3/c1-10-8-16-9-13(10)15(21)18-12-4-2-11(3-5-12)14(20)17-6-7-19/h2-5,10,13,16,19H,6-9H2,1H3,(H,17,20)(H,18,21). The molecule has 2 rings (SSSR count). The summed E-state index contributed by atoms with van der Waals surface area (Å²) in [6.45, 7) is 3.76. The van der Waals surface area contributed by atoms with Crippen molar-refractivity contribution in [3.05, 3.63) is 29.8 Å². The first-order valence-corrected chi connectivity index (χ1v) is 7.12. The van der Waals surface area contributed by atoms with E-state index in [1.807, 2.05) is 0 Å². The molecule has 1 saturated heterocycles. The van der Waals surface area contributed by atoms with Crippen molar-refractivity contribution in [2.75, 3.05) is 31.6 Å². The number of rotatable bonds is 5. The second kappa shape index (κ2) is 7.19. The quantitative estimate of drug-likeness (QED) is 0.624. The number of amides is 2. The van der Waals surface area contributed by atoms with Gasteiger partial charge in [0.05, 0.1) is 12.5 Å². The third-order valence-electron chi connectivity index (χ3n) is 3.67. The van der Waals surface area contributed by atoms with Gasteiger partial charge in [0.1, 0.15) is 0 Å². The lowest BCUT2D eigenvalue weighted by Gasteiger charge is -2.14. The topological polar surface area (TPSA) is 90.5 Å². The van der Waals surface area contributed by atoms with Gasteiger partial charge in [-0.05, 0) is 36.7 Å². The minimum atomic E-state index is -0.240. The van der Waals surface area contributed by atoms with Crippen molar-refractivity contribution in [1.82, 2.24) is 10.6 Å². The Hall–Kier alpha value is -1.92. The van der Waals surface area contributed by atoms with Gasteiger partial charge in [0.25, 0.3) is 5.91 Å². The number of benzene rings is 1. The van der Waals surface area contributed by atoms with Gasteiger partial charge >= 0.3 is 0 Å². The first-order chi connectivity index (χ1) is 10.1. The van der Waals surface area contributed by atoms with Crippen LogP contribution in [-0.4, -0.2) is 43.2 Å². The van der Waals surface area contributed by atoms with E-state index in [2.05, 4.69) is 22.9 Å². The van der Waals surface area contributed by atoms with Crippen LogP contribution < -0.4 is 16.0 Å². The van der Waals surface area contributed by atoms with Crippen LogP contribution in [0, 0.1) is 11.8 Å². The van der Waals surface area contributed by atoms with E-state index in [4.69, 9.17) is 5.11 Å². The van der Waals surface area contributed by atoms with Crippen LogP contribution in [0.4, 0.5) is 5.69 Å². The molecule has 0 aromatic heterocycles. The summed E-state index contributed by atoms with van der Waals surface area (Å²) in [7, 11) is 0. The van der Waals surface area contributed by atoms with Crippen molar-refractivity contribution in [1.29, 1.82) is 0 Å². The molecule has 0 aliphatic carbocycles. The lowest BCUT2D eigenvalue weighted by atomic mass is 9.97. The highest BCUT2D eigenvalue weighted by molar-refractivity contribution is 5.96. The van der Waals surface area contributed by atoms with E-state index >= 15 is 0 Å². The van der Waals surface area contributed by atoms with E-state index in [1.165, 1.54) is 0 Å². The van der Waals surface area contributed by atoms with Crippen LogP contribution in [-0.2, 0) is 4.79 Å². The molecule has 0 saturated carbocycles. The van der Waals surface area contributed by atoms with Crippen LogP contribution in [0.3, 0.4) is 0 Å². The van der Waals surface area contributed by atoms with Crippen molar-refractivity contribution in [2.24, 2.45) is 11.8 Å². The number of nitrogens with one attached hydrogen (secondary N) is 3. The minimum absolute atomic E-state index is 0.00461. The number of anilines is 1. The number of aliphatic hydroxyl groups excluding tert-OH is 1. The smallest absolute Gasteiger partial charge is 0.251 e. The van der Waals surface area contributed by atoms with Crippen molar-refractivity contribution < 1.29 is 14.7 Å². The highest BCUT2D eigenvalue weighted by Gasteiger charge is 2.29. The Balaban J connectivity index is 1.93. The number of hydrogen-bond donors (Lipinski definition) is 4. The maximum atomic E-state index is 12.1. The molecule has 4 N–H and O–H groups in total. The zero-order valence-electron chi connectivity index (χ0n) is 12.1. The molecule has 0 radical (unpaired) electrons. The van der Waals surface area contributed by atoms with Crippen molar-refractivity contribution in [3.63, 3.8) is 0 Å². The van der Waals surface area contributed by atoms with Crippen LogP contribution in [0.25, 0.3) is 0 Å². The molecule has 2 amide bonds. The predicted molar refractivity (Wildman–Crippen MR) is 80.0 cm³/mol. The SMILES string of the molecule is CC1CNCC1C(=O)Nc1ccc(C(=O)NCCO)cc1. The first kappa shape index (κ1) is 15.5. The average Bonchev–Trinajstić information content (AvgIpc) is 2.91. The van der Waals surface area contributed by atoms with Gasteiger partial charge in [0.2, 0.25) is 5.91 Å². The van der Waals surface area contributed by atoms with Crippen molar-refractivity contribution in [2.45, 2.75) is 6.92 Å². The molecule has 1 aromatic carbocycles. The molecule has 1 heterocycles. The van der Waals surface area contributed by atoms with E-state index in [-0.39, 0.29) is 30.9 Å². The molecular formula is C15H21N3O3. The normalized spacial score (nSPS) is 21.0. The second-order valence-corrected chi connectivity index (χ2v) is 5.29. The summed E-state index contributed by atoms with van der Waals surface area (Å²) in [6.07, 6.45) is 0. The number of hydrogen-bond acceptors (Lipinski definition) is 4. The molecule has 2 atom stereocenters. The molecule has 0 spiro atoms. The fraction of sp³-hybridized carbons (Fsp3) is 0.467. The molecular weight excluding hydrogens is 270 g/mol. The molecule has 1 aliphatic rings. The highest BCUT2D eigenvalue weighted by Crippen LogP contribution is 2.18. The summed E-state index contributed by atoms with van der Waals surface area (Å²) < 4.78 is 0. The Morgan fingerprint density at radius 3 is 2.57 bits per heavy atom. The van der Waals surface area contributed by atoms with Crippen molar-refractivity contribution >= 4 is 17.5 Å². The van der Waals surface area contributed by atoms with Crippen LogP contribution in [0.2, 0.25) is 0 Å². The summed E-state index contributed by atoms with van der Waals surface area (Å²) in [4.78, 5) is 23.8. The lowest BCUT2D eigenvalue weighted by molar-refractivity contribution is -0.120. The largest absolute Gasteiger partial charge is 0.395 e. The molecule has 0 bridgehead atoms. The average molecular weight is 291 g/mol. The van der Waals surface area contributed by atoms with Crippen LogP contribution in [0.15, 0.2) is 24.3 Å². The Bertz CT molecular complexity index is 501. The van der Waals surface area contributed by atoms with E-state index < -0.39 is 0 Å². The predicted octanol–water partition coefficient (Wildman–Crippen LogP) is 0.203. The Morgan fingerprint density at radius 2 is 2.00 bits per heavy atom. The maximum Gasteiger partial charge on any atom is 0.251 e. The summed E-state index contributed by atoms with van der Waals surface area (Å²) >= 11 is 0. The maximum absolute atomic E-state index is 12.1. The molecule has 21 heavy (non-hydrogen) atoms. The zero-order chi connectivity index (χ0) is 15.2. The molecule has 1 fully saturated rings. The summed E-state index contributed by atoms with van der Waals surface area (Å²) in [5.74, 6) is 0.0755. The van der Waals surface area contributed by atoms with Crippen molar-refractivity contribution in [3.8, 4) is 0 Å². The van der Waals surface area contributed by atoms with Crippen LogP contribution >= 0.6 is 0 Å². The summed E-state index contributed by atoms with van der Waals surface area (Å²) in [5, 5.41) is 17.3. The molecule has 6 nitrogen and oxygen atoms in total. The molecule has 6 heteroatoms. The molecule has 1 aliphatic heterocycles. The number of carbonyl (C=O) groups is 2. The summed E-state index contributed by atoms with van der Waals surface area (Å²) in [5.41, 5.74) is 1.18. The van der Waals surface area contributed by atoms with Gasteiger partial charge in [-0.3, -0.25) is 9.59 Å². The van der Waals surface area contributed by atoms with E-state index in [0.717, 1.165) is 6.54 Å². The number of aliphatic hydroxyl groups is 1. The molecule has 114 valence electrons. The monoisotopic (exact) mass is 291 g/mol. The van der Waals surface area contributed by atoms with Gasteiger partial charge < -0.3 is 21.1 Å². The Morgan fingerprint density at radius 1 is 1.29 bits per heavy atom. The molecule has 1 aromatic rings. The Kier molecular flexibility index (Phi) is 5.30. The fourth-order valence-electron chi connectivity index (χ4n) is 2.37. The second-order valence-electron chi connectivity index (χ2n) is 5.29. The van der Waals surface area contributed by atoms with Gasteiger partial charge in [-0.2, -0.15) is 0 Å². The van der Waals surface area contributed by atoms with E-state index in [0.29, 0.717) is 23.7 Å². The third kappa shape index (κ3) is 4.03. The highest BCUT2D eigenvalue weighted by atomic mass is 16.3. The third-order valence-corrected chi connectivity index (χ3v) is 3.67. The number of carbonyl (C=O) groups excluding carboxylic acids is 2. The zero-order valence-corrected chi connectivity index (χ0v) is 12.1.